The van der Waals surface area contributed by atoms with Crippen LogP contribution in [0.5, 0.6) is 0 Å². The van der Waals surface area contributed by atoms with Crippen molar-refractivity contribution in [2.75, 3.05) is 0 Å². The van der Waals surface area contributed by atoms with Gasteiger partial charge in [-0.15, -0.1) is 0 Å². The Labute approximate surface area is 76.4 Å². The highest BCUT2D eigenvalue weighted by Crippen LogP contribution is 2.16. The van der Waals surface area contributed by atoms with Crippen molar-refractivity contribution in [1.82, 2.24) is 19.9 Å². The van der Waals surface area contributed by atoms with Crippen molar-refractivity contribution in [3.8, 4) is 0 Å². The van der Waals surface area contributed by atoms with Gasteiger partial charge in [-0.2, -0.15) is 0 Å². The minimum absolute atomic E-state index is 0.441. The lowest BCUT2D eigenvalue weighted by atomic mass is 10.1. The predicted octanol–water partition coefficient (Wildman–Crippen LogP) is 1.87. The fourth-order valence-corrected chi connectivity index (χ4v) is 1.19. The van der Waals surface area contributed by atoms with Crippen LogP contribution >= 0.6 is 0 Å². The van der Waals surface area contributed by atoms with Gasteiger partial charge in [0.1, 0.15) is 5.82 Å². The summed E-state index contributed by atoms with van der Waals surface area (Å²) in [7, 11) is 0. The SMILES string of the molecule is CCC(C)c1nc2nccnc2[nH]1. The Balaban J connectivity index is 2.49. The van der Waals surface area contributed by atoms with Crippen LogP contribution in [-0.4, -0.2) is 19.9 Å². The molecule has 2 heterocycles. The molecule has 4 heteroatoms. The van der Waals surface area contributed by atoms with Gasteiger partial charge in [-0.3, -0.25) is 0 Å². The van der Waals surface area contributed by atoms with Crippen molar-refractivity contribution >= 4 is 11.3 Å². The van der Waals surface area contributed by atoms with Crippen LogP contribution < -0.4 is 0 Å². The molecule has 1 unspecified atom stereocenters. The first-order valence-corrected chi connectivity index (χ1v) is 4.48. The van der Waals surface area contributed by atoms with Crippen LogP contribution in [0, 0.1) is 0 Å². The van der Waals surface area contributed by atoms with Crippen LogP contribution in [0.2, 0.25) is 0 Å². The maximum atomic E-state index is 4.35. The molecule has 0 aromatic carbocycles. The normalized spacial score (nSPS) is 13.4. The van der Waals surface area contributed by atoms with E-state index in [1.807, 2.05) is 0 Å². The third-order valence-electron chi connectivity index (χ3n) is 2.23. The molecule has 68 valence electrons. The molecule has 2 rings (SSSR count). The van der Waals surface area contributed by atoms with Crippen molar-refractivity contribution < 1.29 is 0 Å². The first-order chi connectivity index (χ1) is 6.31. The predicted molar refractivity (Wildman–Crippen MR) is 50.4 cm³/mol. The molecule has 0 radical (unpaired) electrons. The number of hydrogen-bond donors (Lipinski definition) is 1. The van der Waals surface area contributed by atoms with Crippen LogP contribution in [0.4, 0.5) is 0 Å². The van der Waals surface area contributed by atoms with Crippen molar-refractivity contribution in [2.45, 2.75) is 26.2 Å². The summed E-state index contributed by atoms with van der Waals surface area (Å²) in [6.45, 7) is 4.27. The standard InChI is InChI=1S/C9H12N4/c1-3-6(2)7-12-8-9(13-7)11-5-4-10-8/h4-6H,3H2,1-2H3,(H,10,11,12,13). The Bertz CT molecular complexity index is 374. The Morgan fingerprint density at radius 3 is 2.85 bits per heavy atom. The first kappa shape index (κ1) is 8.16. The highest BCUT2D eigenvalue weighted by molar-refractivity contribution is 5.64. The van der Waals surface area contributed by atoms with E-state index in [2.05, 4.69) is 33.8 Å². The van der Waals surface area contributed by atoms with Gasteiger partial charge in [0.25, 0.3) is 0 Å². The van der Waals surface area contributed by atoms with E-state index >= 15 is 0 Å². The molecule has 13 heavy (non-hydrogen) atoms. The van der Waals surface area contributed by atoms with Crippen molar-refractivity contribution in [1.29, 1.82) is 0 Å². The summed E-state index contributed by atoms with van der Waals surface area (Å²) >= 11 is 0. The summed E-state index contributed by atoms with van der Waals surface area (Å²) in [6, 6.07) is 0. The van der Waals surface area contributed by atoms with Crippen molar-refractivity contribution in [3.05, 3.63) is 18.2 Å². The van der Waals surface area contributed by atoms with Gasteiger partial charge in [-0.05, 0) is 6.42 Å². The zero-order valence-electron chi connectivity index (χ0n) is 7.78. The largest absolute Gasteiger partial charge is 0.325 e. The number of H-pyrrole nitrogens is 1. The number of nitrogens with one attached hydrogen (secondary N) is 1. The summed E-state index contributed by atoms with van der Waals surface area (Å²) in [5, 5.41) is 0. The fraction of sp³-hybridized carbons (Fsp3) is 0.444. The molecular weight excluding hydrogens is 164 g/mol. The van der Waals surface area contributed by atoms with Gasteiger partial charge in [0.15, 0.2) is 11.3 Å². The highest BCUT2D eigenvalue weighted by Gasteiger charge is 2.09. The van der Waals surface area contributed by atoms with Crippen LogP contribution in [0.15, 0.2) is 12.4 Å². The van der Waals surface area contributed by atoms with E-state index in [1.165, 1.54) is 0 Å². The Morgan fingerprint density at radius 1 is 1.38 bits per heavy atom. The van der Waals surface area contributed by atoms with E-state index in [1.54, 1.807) is 12.4 Å². The smallest absolute Gasteiger partial charge is 0.197 e. The molecule has 1 atom stereocenters. The molecule has 0 spiro atoms. The topological polar surface area (TPSA) is 54.5 Å². The van der Waals surface area contributed by atoms with Gasteiger partial charge in [-0.25, -0.2) is 15.0 Å². The van der Waals surface area contributed by atoms with Gasteiger partial charge in [-0.1, -0.05) is 13.8 Å². The number of nitrogens with zero attached hydrogens (tertiary/aromatic N) is 3. The third-order valence-corrected chi connectivity index (χ3v) is 2.23. The van der Waals surface area contributed by atoms with E-state index < -0.39 is 0 Å². The minimum Gasteiger partial charge on any atom is -0.325 e. The Hall–Kier alpha value is -1.45. The van der Waals surface area contributed by atoms with E-state index in [0.29, 0.717) is 11.6 Å². The second-order valence-electron chi connectivity index (χ2n) is 3.16. The maximum absolute atomic E-state index is 4.35. The van der Waals surface area contributed by atoms with Crippen molar-refractivity contribution in [2.24, 2.45) is 0 Å². The number of aromatic nitrogens is 4. The van der Waals surface area contributed by atoms with Gasteiger partial charge in [0, 0.05) is 18.3 Å². The molecule has 0 aliphatic carbocycles. The second kappa shape index (κ2) is 3.12. The number of aromatic amines is 1. The summed E-state index contributed by atoms with van der Waals surface area (Å²) in [5.74, 6) is 1.42. The van der Waals surface area contributed by atoms with Gasteiger partial charge >= 0.3 is 0 Å². The van der Waals surface area contributed by atoms with Crippen LogP contribution in [0.25, 0.3) is 11.3 Å². The van der Waals surface area contributed by atoms with Crippen LogP contribution in [0.1, 0.15) is 32.0 Å². The lowest BCUT2D eigenvalue weighted by molar-refractivity contribution is 0.691. The fourth-order valence-electron chi connectivity index (χ4n) is 1.19. The molecule has 2 aromatic heterocycles. The van der Waals surface area contributed by atoms with E-state index in [-0.39, 0.29) is 0 Å². The summed E-state index contributed by atoms with van der Waals surface area (Å²) < 4.78 is 0. The van der Waals surface area contributed by atoms with Crippen molar-refractivity contribution in [3.63, 3.8) is 0 Å². The first-order valence-electron chi connectivity index (χ1n) is 4.48. The highest BCUT2D eigenvalue weighted by atomic mass is 15.0. The van der Waals surface area contributed by atoms with Crippen LogP contribution in [0.3, 0.4) is 0 Å². The average molecular weight is 176 g/mol. The van der Waals surface area contributed by atoms with E-state index in [4.69, 9.17) is 0 Å². The lowest BCUT2D eigenvalue weighted by Gasteiger charge is -2.01. The van der Waals surface area contributed by atoms with E-state index in [9.17, 15) is 0 Å². The monoisotopic (exact) mass is 176 g/mol. The molecule has 0 amide bonds. The summed E-state index contributed by atoms with van der Waals surface area (Å²) in [6.07, 6.45) is 4.39. The van der Waals surface area contributed by atoms with E-state index in [0.717, 1.165) is 17.9 Å². The molecule has 0 aliphatic heterocycles. The molecule has 1 N–H and O–H groups in total. The molecule has 2 aromatic rings. The maximum Gasteiger partial charge on any atom is 0.197 e. The summed E-state index contributed by atoms with van der Waals surface area (Å²) in [4.78, 5) is 15.8. The quantitative estimate of drug-likeness (QED) is 0.759. The Morgan fingerprint density at radius 2 is 2.15 bits per heavy atom. The number of fused-ring (bicyclic) bond motifs is 1. The van der Waals surface area contributed by atoms with Gasteiger partial charge in [0.05, 0.1) is 0 Å². The second-order valence-corrected chi connectivity index (χ2v) is 3.16. The molecule has 0 fully saturated rings. The van der Waals surface area contributed by atoms with Gasteiger partial charge < -0.3 is 4.98 Å². The zero-order chi connectivity index (χ0) is 9.26. The molecule has 0 saturated carbocycles. The number of imidazole rings is 1. The Kier molecular flexibility index (Phi) is 1.96. The molecule has 0 bridgehead atoms. The molecular formula is C9H12N4. The molecule has 0 saturated heterocycles. The average Bonchev–Trinajstić information content (AvgIpc) is 2.59. The van der Waals surface area contributed by atoms with Crippen LogP contribution in [-0.2, 0) is 0 Å². The minimum atomic E-state index is 0.441. The lowest BCUT2D eigenvalue weighted by Crippen LogP contribution is -1.93. The molecule has 0 aliphatic rings. The number of rotatable bonds is 2. The molecule has 4 nitrogen and oxygen atoms in total. The zero-order valence-corrected chi connectivity index (χ0v) is 7.78. The van der Waals surface area contributed by atoms with Gasteiger partial charge in [0.2, 0.25) is 0 Å². The summed E-state index contributed by atoms with van der Waals surface area (Å²) in [5.41, 5.74) is 1.48. The number of hydrogen-bond acceptors (Lipinski definition) is 3. The third kappa shape index (κ3) is 1.39.